The predicted molar refractivity (Wildman–Crippen MR) is 134 cm³/mol. The van der Waals surface area contributed by atoms with Gasteiger partial charge in [0.25, 0.3) is 10.1 Å². The van der Waals surface area contributed by atoms with Crippen molar-refractivity contribution in [2.75, 3.05) is 12.9 Å². The minimum atomic E-state index is -4.03. The molecule has 180 valence electrons. The number of carbonyl (C=O) groups is 1. The Labute approximate surface area is 203 Å². The molecule has 0 bridgehead atoms. The Morgan fingerprint density at radius 2 is 1.74 bits per heavy atom. The van der Waals surface area contributed by atoms with Crippen LogP contribution in [-0.4, -0.2) is 31.8 Å². The fourth-order valence-electron chi connectivity index (χ4n) is 4.21. The van der Waals surface area contributed by atoms with Crippen molar-refractivity contribution in [3.63, 3.8) is 0 Å². The first-order chi connectivity index (χ1) is 16.8. The molecule has 0 unspecified atom stereocenters. The smallest absolute Gasteiger partial charge is 0.264 e. The Kier molecular flexibility index (Phi) is 7.14. The number of pyridine rings is 1. The van der Waals surface area contributed by atoms with Crippen LogP contribution in [0.2, 0.25) is 0 Å². The van der Waals surface area contributed by atoms with Crippen molar-refractivity contribution in [3.05, 3.63) is 83.4 Å². The molecule has 0 spiro atoms. The summed E-state index contributed by atoms with van der Waals surface area (Å²) in [4.78, 5) is 12.3. The first kappa shape index (κ1) is 24.4. The van der Waals surface area contributed by atoms with Crippen LogP contribution in [0.3, 0.4) is 0 Å². The number of methoxy groups -OCH3 is 1. The van der Waals surface area contributed by atoms with Gasteiger partial charge < -0.3 is 14.6 Å². The quantitative estimate of drug-likeness (QED) is 0.126. The zero-order valence-corrected chi connectivity index (χ0v) is 20.0. The fraction of sp³-hybridized carbons (Fsp3) is 0.185. The molecule has 1 N–H and O–H groups in total. The molecule has 0 amide bonds. The van der Waals surface area contributed by atoms with Crippen LogP contribution < -0.4 is 14.4 Å². The molecule has 0 radical (unpaired) electrons. The number of hydrogen-bond donors (Lipinski definition) is 1. The summed E-state index contributed by atoms with van der Waals surface area (Å²) in [6.07, 6.45) is 4.36. The number of rotatable bonds is 9. The lowest BCUT2D eigenvalue weighted by molar-refractivity contribution is -0.645. The molecular formula is C27H25NO6S. The number of benzene rings is 3. The van der Waals surface area contributed by atoms with Crippen LogP contribution in [0.5, 0.6) is 5.75 Å². The number of unbranched alkanes of at least 4 members (excludes halogenated alkanes) is 1. The molecule has 0 saturated heterocycles. The molecule has 0 fully saturated rings. The predicted octanol–water partition coefficient (Wildman–Crippen LogP) is 3.49. The highest BCUT2D eigenvalue weighted by atomic mass is 32.2. The third kappa shape index (κ3) is 5.67. The Morgan fingerprint density at radius 1 is 1.00 bits per heavy atom. The van der Waals surface area contributed by atoms with Gasteiger partial charge in [0, 0.05) is 29.5 Å². The molecule has 8 heteroatoms. The lowest BCUT2D eigenvalue weighted by Crippen LogP contribution is -2.36. The van der Waals surface area contributed by atoms with E-state index in [1.807, 2.05) is 71.3 Å². The van der Waals surface area contributed by atoms with E-state index in [0.717, 1.165) is 22.2 Å². The van der Waals surface area contributed by atoms with E-state index in [1.165, 1.54) is 0 Å². The van der Waals surface area contributed by atoms with Crippen molar-refractivity contribution >= 4 is 50.0 Å². The molecule has 1 aromatic heterocycles. The molecule has 1 heterocycles. The first-order valence-electron chi connectivity index (χ1n) is 11.1. The number of nitrogens with zero attached hydrogens (tertiary/aromatic N) is 1. The standard InChI is InChI=1S/C27H25NO6S/c1-34-22-13-9-19(10-14-22)8-11-20-12-15-25-23(26(20)27(29)30)18-21-6-2-3-7-24(21)28(25)16-4-5-17-35(31,32)33/h2-3,6-15,18H,4-5,16-17H2,1H3,(H-,29,30,31,32,33). The molecule has 4 aromatic rings. The monoisotopic (exact) mass is 491 g/mol. The summed E-state index contributed by atoms with van der Waals surface area (Å²) in [5, 5.41) is 13.7. The highest BCUT2D eigenvalue weighted by Crippen LogP contribution is 2.26. The van der Waals surface area contributed by atoms with Crippen LogP contribution in [0.25, 0.3) is 34.0 Å². The molecule has 0 aliphatic heterocycles. The second-order valence-electron chi connectivity index (χ2n) is 8.20. The van der Waals surface area contributed by atoms with Crippen molar-refractivity contribution < 1.29 is 32.2 Å². The average Bonchev–Trinajstić information content (AvgIpc) is 2.83. The molecule has 0 aliphatic carbocycles. The molecule has 0 saturated carbocycles. The van der Waals surface area contributed by atoms with E-state index in [2.05, 4.69) is 0 Å². The third-order valence-electron chi connectivity index (χ3n) is 5.88. The second kappa shape index (κ2) is 10.2. The molecule has 7 nitrogen and oxygen atoms in total. The topological polar surface area (TPSA) is 108 Å². The lowest BCUT2D eigenvalue weighted by atomic mass is 9.98. The largest absolute Gasteiger partial charge is 0.545 e. The van der Waals surface area contributed by atoms with Gasteiger partial charge in [0.15, 0.2) is 0 Å². The highest BCUT2D eigenvalue weighted by Gasteiger charge is 2.19. The van der Waals surface area contributed by atoms with Gasteiger partial charge in [0.1, 0.15) is 12.3 Å². The minimum Gasteiger partial charge on any atom is -0.545 e. The molecule has 35 heavy (non-hydrogen) atoms. The molecule has 4 rings (SSSR count). The van der Waals surface area contributed by atoms with E-state index in [-0.39, 0.29) is 17.7 Å². The van der Waals surface area contributed by atoms with Crippen LogP contribution in [0, 0.1) is 0 Å². The third-order valence-corrected chi connectivity index (χ3v) is 6.69. The van der Waals surface area contributed by atoms with Gasteiger partial charge in [0.05, 0.1) is 24.2 Å². The minimum absolute atomic E-state index is 0.0877. The number of fused-ring (bicyclic) bond motifs is 2. The van der Waals surface area contributed by atoms with Crippen LogP contribution in [0.4, 0.5) is 0 Å². The van der Waals surface area contributed by atoms with Crippen molar-refractivity contribution in [1.82, 2.24) is 0 Å². The Morgan fingerprint density at radius 3 is 2.43 bits per heavy atom. The van der Waals surface area contributed by atoms with E-state index in [4.69, 9.17) is 9.29 Å². The number of carbonyl (C=O) groups excluding carboxylic acids is 1. The Balaban J connectivity index is 1.80. The number of para-hydroxylation sites is 1. The van der Waals surface area contributed by atoms with E-state index in [9.17, 15) is 18.3 Å². The summed E-state index contributed by atoms with van der Waals surface area (Å²) < 4.78 is 38.4. The maximum atomic E-state index is 12.3. The van der Waals surface area contributed by atoms with Gasteiger partial charge in [0.2, 0.25) is 11.0 Å². The van der Waals surface area contributed by atoms with E-state index >= 15 is 0 Å². The number of hydrogen-bond acceptors (Lipinski definition) is 5. The number of aromatic nitrogens is 1. The van der Waals surface area contributed by atoms with Gasteiger partial charge in [-0.1, -0.05) is 36.4 Å². The summed E-state index contributed by atoms with van der Waals surface area (Å²) in [5.41, 5.74) is 3.10. The van der Waals surface area contributed by atoms with Crippen molar-refractivity contribution in [1.29, 1.82) is 0 Å². The number of carboxylic acid groups (broad SMARTS) is 1. The number of ether oxygens (including phenoxy) is 1. The Bertz CT molecular complexity index is 1530. The van der Waals surface area contributed by atoms with Crippen LogP contribution >= 0.6 is 0 Å². The first-order valence-corrected chi connectivity index (χ1v) is 12.7. The van der Waals surface area contributed by atoms with Gasteiger partial charge in [-0.3, -0.25) is 4.55 Å². The van der Waals surface area contributed by atoms with Crippen LogP contribution in [0.15, 0.2) is 66.7 Å². The second-order valence-corrected chi connectivity index (χ2v) is 9.78. The van der Waals surface area contributed by atoms with Gasteiger partial charge in [-0.25, -0.2) is 0 Å². The van der Waals surface area contributed by atoms with Crippen molar-refractivity contribution in [3.8, 4) is 5.75 Å². The molecule has 3 aromatic carbocycles. The van der Waals surface area contributed by atoms with Crippen molar-refractivity contribution in [2.24, 2.45) is 0 Å². The van der Waals surface area contributed by atoms with Crippen LogP contribution in [0.1, 0.15) is 34.3 Å². The summed E-state index contributed by atoms with van der Waals surface area (Å²) in [6.45, 7) is 0.459. The van der Waals surface area contributed by atoms with Gasteiger partial charge in [-0.2, -0.15) is 13.0 Å². The van der Waals surface area contributed by atoms with Gasteiger partial charge in [-0.05, 0) is 47.9 Å². The number of carboxylic acids is 1. The maximum Gasteiger partial charge on any atom is 0.264 e. The maximum absolute atomic E-state index is 12.3. The van der Waals surface area contributed by atoms with Gasteiger partial charge in [-0.15, -0.1) is 0 Å². The normalized spacial score (nSPS) is 11.9. The van der Waals surface area contributed by atoms with Crippen LogP contribution in [-0.2, 0) is 16.7 Å². The molecule has 0 aliphatic rings. The zero-order chi connectivity index (χ0) is 25.0. The summed E-state index contributed by atoms with van der Waals surface area (Å²) in [5.74, 6) is -0.865. The fourth-order valence-corrected chi connectivity index (χ4v) is 4.78. The van der Waals surface area contributed by atoms with E-state index in [0.29, 0.717) is 29.4 Å². The SMILES string of the molecule is COc1ccc(C=Cc2ccc3c(cc4ccccc4[n+]3CCCCS(=O)(=O)O)c2C(=O)[O-])cc1. The van der Waals surface area contributed by atoms with E-state index < -0.39 is 16.1 Å². The van der Waals surface area contributed by atoms with Gasteiger partial charge >= 0.3 is 0 Å². The average molecular weight is 492 g/mol. The van der Waals surface area contributed by atoms with E-state index in [1.54, 1.807) is 19.3 Å². The molecule has 0 atom stereocenters. The number of aromatic carboxylic acids is 1. The zero-order valence-electron chi connectivity index (χ0n) is 19.2. The van der Waals surface area contributed by atoms with Crippen molar-refractivity contribution in [2.45, 2.75) is 19.4 Å². The summed E-state index contributed by atoms with van der Waals surface area (Å²) in [6, 6.07) is 20.5. The number of aryl methyl sites for hydroxylation is 1. The Hall–Kier alpha value is -3.75. The molecular weight excluding hydrogens is 466 g/mol. The summed E-state index contributed by atoms with van der Waals surface area (Å²) >= 11 is 0. The highest BCUT2D eigenvalue weighted by molar-refractivity contribution is 7.85. The lowest BCUT2D eigenvalue weighted by Gasteiger charge is -2.13. The summed E-state index contributed by atoms with van der Waals surface area (Å²) in [7, 11) is -2.44.